The van der Waals surface area contributed by atoms with Crippen LogP contribution in [0.15, 0.2) is 18.2 Å². The molecule has 0 saturated carbocycles. The third-order valence-electron chi connectivity index (χ3n) is 2.15. The molecule has 0 aliphatic carbocycles. The maximum absolute atomic E-state index is 13.2. The molecular weight excluding hydrogens is 228 g/mol. The van der Waals surface area contributed by atoms with Gasteiger partial charge in [0.15, 0.2) is 0 Å². The van der Waals surface area contributed by atoms with Crippen molar-refractivity contribution in [3.8, 4) is 0 Å². The molecule has 1 rings (SSSR count). The lowest BCUT2D eigenvalue weighted by atomic mass is 10.3. The number of carbonyl (C=O) groups excluding carboxylic acids is 1. The van der Waals surface area contributed by atoms with Crippen LogP contribution in [0.3, 0.4) is 0 Å². The molecule has 17 heavy (non-hydrogen) atoms. The maximum Gasteiger partial charge on any atom is 0.238 e. The number of amides is 1. The smallest absolute Gasteiger partial charge is 0.238 e. The van der Waals surface area contributed by atoms with E-state index in [0.717, 1.165) is 12.1 Å². The zero-order valence-corrected chi connectivity index (χ0v) is 9.54. The molecule has 1 aromatic carbocycles. The van der Waals surface area contributed by atoms with Crippen molar-refractivity contribution < 1.29 is 13.6 Å². The summed E-state index contributed by atoms with van der Waals surface area (Å²) in [7, 11) is 1.70. The molecule has 94 valence electrons. The van der Waals surface area contributed by atoms with Gasteiger partial charge in [0.25, 0.3) is 0 Å². The molecule has 0 aromatic heterocycles. The highest BCUT2D eigenvalue weighted by Crippen LogP contribution is 2.17. The van der Waals surface area contributed by atoms with E-state index >= 15 is 0 Å². The van der Waals surface area contributed by atoms with Crippen LogP contribution in [0, 0.1) is 11.6 Å². The fraction of sp³-hybridized carbons (Fsp3) is 0.364. The van der Waals surface area contributed by atoms with Crippen molar-refractivity contribution in [1.29, 1.82) is 0 Å². The van der Waals surface area contributed by atoms with Crippen molar-refractivity contribution in [2.75, 3.05) is 32.0 Å². The van der Waals surface area contributed by atoms with Crippen molar-refractivity contribution in [3.63, 3.8) is 0 Å². The van der Waals surface area contributed by atoms with Crippen molar-refractivity contribution in [3.05, 3.63) is 29.8 Å². The number of para-hydroxylation sites is 1. The van der Waals surface area contributed by atoms with E-state index < -0.39 is 23.2 Å². The Balaban J connectivity index is 2.62. The van der Waals surface area contributed by atoms with Crippen LogP contribution in [0.5, 0.6) is 0 Å². The fourth-order valence-electron chi connectivity index (χ4n) is 1.34. The minimum atomic E-state index is -0.792. The molecule has 0 unspecified atom stereocenters. The van der Waals surface area contributed by atoms with E-state index in [1.807, 2.05) is 0 Å². The Morgan fingerprint density at radius 1 is 1.41 bits per heavy atom. The predicted octanol–water partition coefficient (Wildman–Crippen LogP) is 0.794. The quantitative estimate of drug-likeness (QED) is 0.804. The summed E-state index contributed by atoms with van der Waals surface area (Å²) >= 11 is 0. The number of benzene rings is 1. The normalized spacial score (nSPS) is 10.6. The van der Waals surface area contributed by atoms with Crippen molar-refractivity contribution in [2.45, 2.75) is 0 Å². The van der Waals surface area contributed by atoms with Crippen LogP contribution >= 0.6 is 0 Å². The summed E-state index contributed by atoms with van der Waals surface area (Å²) in [4.78, 5) is 13.1. The molecule has 3 N–H and O–H groups in total. The van der Waals surface area contributed by atoms with Gasteiger partial charge in [-0.1, -0.05) is 6.07 Å². The van der Waals surface area contributed by atoms with Crippen LogP contribution in [0.25, 0.3) is 0 Å². The van der Waals surface area contributed by atoms with E-state index in [2.05, 4.69) is 5.32 Å². The van der Waals surface area contributed by atoms with Crippen LogP contribution in [0.2, 0.25) is 0 Å². The molecule has 0 heterocycles. The zero-order valence-electron chi connectivity index (χ0n) is 9.54. The Kier molecular flexibility index (Phi) is 4.99. The number of nitrogens with zero attached hydrogens (tertiary/aromatic N) is 1. The molecule has 4 nitrogen and oxygen atoms in total. The van der Waals surface area contributed by atoms with E-state index in [1.165, 1.54) is 6.07 Å². The lowest BCUT2D eigenvalue weighted by Gasteiger charge is -2.15. The zero-order chi connectivity index (χ0) is 12.8. The molecule has 0 radical (unpaired) electrons. The lowest BCUT2D eigenvalue weighted by Crippen LogP contribution is -2.33. The van der Waals surface area contributed by atoms with Gasteiger partial charge in [0.2, 0.25) is 5.91 Å². The number of likely N-dealkylation sites (N-methyl/N-ethyl adjacent to an activating group) is 1. The molecule has 6 heteroatoms. The number of nitrogens with one attached hydrogen (secondary N) is 1. The lowest BCUT2D eigenvalue weighted by molar-refractivity contribution is -0.117. The summed E-state index contributed by atoms with van der Waals surface area (Å²) < 4.78 is 26.4. The first-order valence-corrected chi connectivity index (χ1v) is 5.17. The molecule has 0 saturated heterocycles. The summed E-state index contributed by atoms with van der Waals surface area (Å²) in [6.07, 6.45) is 0. The van der Waals surface area contributed by atoms with Gasteiger partial charge in [0, 0.05) is 13.1 Å². The van der Waals surface area contributed by atoms with Crippen LogP contribution in [0.1, 0.15) is 0 Å². The second-order valence-corrected chi connectivity index (χ2v) is 3.67. The van der Waals surface area contributed by atoms with E-state index in [-0.39, 0.29) is 6.54 Å². The van der Waals surface area contributed by atoms with Gasteiger partial charge in [-0.25, -0.2) is 8.78 Å². The Morgan fingerprint density at radius 3 is 2.53 bits per heavy atom. The number of hydrogen-bond acceptors (Lipinski definition) is 3. The van der Waals surface area contributed by atoms with E-state index in [0.29, 0.717) is 13.1 Å². The van der Waals surface area contributed by atoms with Crippen LogP contribution in [-0.2, 0) is 4.79 Å². The molecule has 0 aliphatic rings. The molecule has 0 aliphatic heterocycles. The topological polar surface area (TPSA) is 58.4 Å². The summed E-state index contributed by atoms with van der Waals surface area (Å²) in [5, 5.41) is 2.20. The highest BCUT2D eigenvalue weighted by molar-refractivity contribution is 5.92. The summed E-state index contributed by atoms with van der Waals surface area (Å²) in [6.45, 7) is 0.982. The number of carbonyl (C=O) groups is 1. The van der Waals surface area contributed by atoms with Gasteiger partial charge in [0.1, 0.15) is 17.3 Å². The van der Waals surface area contributed by atoms with Crippen LogP contribution in [-0.4, -0.2) is 37.5 Å². The largest absolute Gasteiger partial charge is 0.329 e. The number of hydrogen-bond donors (Lipinski definition) is 2. The van der Waals surface area contributed by atoms with Gasteiger partial charge >= 0.3 is 0 Å². The number of anilines is 1. The Bertz CT molecular complexity index is 378. The maximum atomic E-state index is 13.2. The average molecular weight is 243 g/mol. The molecular formula is C11H15F2N3O. The number of halogens is 2. The Morgan fingerprint density at radius 2 is 2.00 bits per heavy atom. The highest BCUT2D eigenvalue weighted by atomic mass is 19.1. The molecule has 0 atom stereocenters. The minimum Gasteiger partial charge on any atom is -0.329 e. The van der Waals surface area contributed by atoms with Gasteiger partial charge in [-0.05, 0) is 19.2 Å². The Labute approximate surface area is 98.4 Å². The van der Waals surface area contributed by atoms with Crippen LogP contribution < -0.4 is 11.1 Å². The number of nitrogens with two attached hydrogens (primary N) is 1. The standard InChI is InChI=1S/C11H15F2N3O/c1-16(6-5-14)7-10(17)15-11-8(12)3-2-4-9(11)13/h2-4H,5-7,14H2,1H3,(H,15,17). The van der Waals surface area contributed by atoms with Crippen LogP contribution in [0.4, 0.5) is 14.5 Å². The minimum absolute atomic E-state index is 0.0327. The predicted molar refractivity (Wildman–Crippen MR) is 61.5 cm³/mol. The van der Waals surface area contributed by atoms with Crippen molar-refractivity contribution in [1.82, 2.24) is 4.90 Å². The highest BCUT2D eigenvalue weighted by Gasteiger charge is 2.12. The Hall–Kier alpha value is -1.53. The fourth-order valence-corrected chi connectivity index (χ4v) is 1.34. The molecule has 0 bridgehead atoms. The van der Waals surface area contributed by atoms with E-state index in [1.54, 1.807) is 11.9 Å². The molecule has 1 amide bonds. The monoisotopic (exact) mass is 243 g/mol. The van der Waals surface area contributed by atoms with Gasteiger partial charge in [0.05, 0.1) is 6.54 Å². The third-order valence-corrected chi connectivity index (χ3v) is 2.15. The molecule has 0 spiro atoms. The first kappa shape index (κ1) is 13.5. The van der Waals surface area contributed by atoms with Gasteiger partial charge in [-0.15, -0.1) is 0 Å². The number of rotatable bonds is 5. The molecule has 1 aromatic rings. The first-order chi connectivity index (χ1) is 8.04. The second-order valence-electron chi connectivity index (χ2n) is 3.67. The van der Waals surface area contributed by atoms with E-state index in [4.69, 9.17) is 5.73 Å². The summed E-state index contributed by atoms with van der Waals surface area (Å²) in [6, 6.07) is 3.41. The van der Waals surface area contributed by atoms with Gasteiger partial charge in [-0.3, -0.25) is 9.69 Å². The summed E-state index contributed by atoms with van der Waals surface area (Å²) in [5.41, 5.74) is 4.89. The van der Waals surface area contributed by atoms with Gasteiger partial charge in [-0.2, -0.15) is 0 Å². The van der Waals surface area contributed by atoms with E-state index in [9.17, 15) is 13.6 Å². The second kappa shape index (κ2) is 6.27. The molecule has 0 fully saturated rings. The van der Waals surface area contributed by atoms with Crippen molar-refractivity contribution >= 4 is 11.6 Å². The third kappa shape index (κ3) is 4.08. The van der Waals surface area contributed by atoms with Crippen molar-refractivity contribution in [2.24, 2.45) is 5.73 Å². The average Bonchev–Trinajstić information content (AvgIpc) is 2.24. The summed E-state index contributed by atoms with van der Waals surface area (Å²) in [5.74, 6) is -2.07. The SMILES string of the molecule is CN(CCN)CC(=O)Nc1c(F)cccc1F. The first-order valence-electron chi connectivity index (χ1n) is 5.17. The van der Waals surface area contributed by atoms with Gasteiger partial charge < -0.3 is 11.1 Å².